The van der Waals surface area contributed by atoms with E-state index in [-0.39, 0.29) is 27.4 Å². The third-order valence-electron chi connectivity index (χ3n) is 9.97. The molecule has 0 saturated heterocycles. The number of benzene rings is 5. The fraction of sp³-hybridized carbons (Fsp3) is 0.362. The topological polar surface area (TPSA) is 15.7 Å². The highest BCUT2D eigenvalue weighted by molar-refractivity contribution is 9.10. The van der Waals surface area contributed by atoms with Crippen LogP contribution in [0.15, 0.2) is 111 Å². The quantitative estimate of drug-likeness (QED) is 0.176. The van der Waals surface area contributed by atoms with Crippen molar-refractivity contribution in [3.63, 3.8) is 0 Å². The summed E-state index contributed by atoms with van der Waals surface area (Å²) < 4.78 is 48.3. The molecule has 5 aromatic carbocycles. The molecule has 0 aromatic heterocycles. The van der Waals surface area contributed by atoms with E-state index in [2.05, 4.69) is 160 Å². The summed E-state index contributed by atoms with van der Waals surface area (Å²) in [5.74, 6) is -0.320. The first-order chi connectivity index (χ1) is 25.3. The summed E-state index contributed by atoms with van der Waals surface area (Å²) in [5.41, 5.74) is 8.15. The predicted octanol–water partition coefficient (Wildman–Crippen LogP) is 15.9. The maximum Gasteiger partial charge on any atom is 0.573 e. The number of alkyl halides is 3. The zero-order valence-electron chi connectivity index (χ0n) is 34.0. The molecule has 1 heterocycles. The average molecular weight is 830 g/mol. The van der Waals surface area contributed by atoms with Crippen LogP contribution in [-0.4, -0.2) is 6.36 Å². The molecule has 0 spiro atoms. The van der Waals surface area contributed by atoms with E-state index in [1.807, 2.05) is 34.1 Å². The van der Waals surface area contributed by atoms with Crippen molar-refractivity contribution < 1.29 is 17.9 Å². The van der Waals surface area contributed by atoms with Gasteiger partial charge in [0, 0.05) is 44.7 Å². The van der Waals surface area contributed by atoms with Gasteiger partial charge in [0.15, 0.2) is 0 Å². The van der Waals surface area contributed by atoms with Crippen LogP contribution in [-0.2, 0) is 21.7 Å². The number of hydrogen-bond acceptors (Lipinski definition) is 4. The molecule has 0 amide bonds. The smallest absolute Gasteiger partial charge is 0.406 e. The summed E-state index contributed by atoms with van der Waals surface area (Å²) in [7, 11) is 0. The minimum Gasteiger partial charge on any atom is -0.406 e. The van der Waals surface area contributed by atoms with E-state index in [0.29, 0.717) is 15.8 Å². The molecular formula is C47H52BrF3N2OS. The summed E-state index contributed by atoms with van der Waals surface area (Å²) in [4.78, 5) is 6.13. The van der Waals surface area contributed by atoms with Crippen LogP contribution in [0.25, 0.3) is 0 Å². The Morgan fingerprint density at radius 1 is 0.455 bits per heavy atom. The van der Waals surface area contributed by atoms with Crippen molar-refractivity contribution in [2.75, 3.05) is 9.80 Å². The van der Waals surface area contributed by atoms with Gasteiger partial charge >= 0.3 is 6.36 Å². The molecule has 6 rings (SSSR count). The number of halogens is 4. The minimum absolute atomic E-state index is 0.0910. The SMILES string of the molecule is CC(C)(C)c1ccc(N2c3cc(cc(C(C)(C)C)c3)Sc3cc(cc(C(C)(C)C)c3)N(c3ccc(C(C)(C)C)cc3)c3cc(OC(F)(F)F)cc2c3Br)cc1. The molecular weight excluding hydrogens is 777 g/mol. The monoisotopic (exact) mass is 828 g/mol. The summed E-state index contributed by atoms with van der Waals surface area (Å²) in [6.45, 7) is 26.1. The summed E-state index contributed by atoms with van der Waals surface area (Å²) in [6.07, 6.45) is -4.92. The second-order valence-corrected chi connectivity index (χ2v) is 20.6. The first-order valence-corrected chi connectivity index (χ1v) is 20.3. The zero-order chi connectivity index (χ0) is 40.5. The van der Waals surface area contributed by atoms with Gasteiger partial charge in [-0.05, 0) is 121 Å². The molecule has 5 aromatic rings. The number of anilines is 6. The van der Waals surface area contributed by atoms with Crippen LogP contribution in [0.4, 0.5) is 47.3 Å². The molecule has 1 aliphatic rings. The molecule has 0 N–H and O–H groups in total. The van der Waals surface area contributed by atoms with Gasteiger partial charge < -0.3 is 14.5 Å². The Kier molecular flexibility index (Phi) is 10.6. The fourth-order valence-electron chi connectivity index (χ4n) is 6.71. The lowest BCUT2D eigenvalue weighted by molar-refractivity contribution is -0.274. The van der Waals surface area contributed by atoms with E-state index >= 15 is 0 Å². The van der Waals surface area contributed by atoms with Gasteiger partial charge in [0.05, 0.1) is 15.8 Å². The van der Waals surface area contributed by atoms with Gasteiger partial charge in [-0.2, -0.15) is 0 Å². The number of fused-ring (bicyclic) bond motifs is 6. The Morgan fingerprint density at radius 3 is 1.11 bits per heavy atom. The third kappa shape index (κ3) is 9.07. The molecule has 3 nitrogen and oxygen atoms in total. The minimum atomic E-state index is -4.92. The molecule has 0 atom stereocenters. The van der Waals surface area contributed by atoms with E-state index < -0.39 is 6.36 Å². The first-order valence-electron chi connectivity index (χ1n) is 18.7. The van der Waals surface area contributed by atoms with Crippen molar-refractivity contribution in [2.24, 2.45) is 0 Å². The summed E-state index contributed by atoms with van der Waals surface area (Å²) >= 11 is 5.70. The zero-order valence-corrected chi connectivity index (χ0v) is 36.4. The van der Waals surface area contributed by atoms with Crippen molar-refractivity contribution in [1.29, 1.82) is 0 Å². The highest BCUT2D eigenvalue weighted by Gasteiger charge is 2.34. The Balaban J connectivity index is 1.77. The molecule has 0 radical (unpaired) electrons. The number of nitrogens with zero attached hydrogens (tertiary/aromatic N) is 2. The first kappa shape index (κ1) is 40.8. The van der Waals surface area contributed by atoms with Crippen LogP contribution in [0, 0.1) is 0 Å². The van der Waals surface area contributed by atoms with Gasteiger partial charge in [-0.3, -0.25) is 0 Å². The van der Waals surface area contributed by atoms with E-state index in [4.69, 9.17) is 4.74 Å². The Morgan fingerprint density at radius 2 is 0.800 bits per heavy atom. The van der Waals surface area contributed by atoms with Gasteiger partial charge in [-0.25, -0.2) is 0 Å². The summed E-state index contributed by atoms with van der Waals surface area (Å²) in [6, 6.07) is 32.6. The van der Waals surface area contributed by atoms with Gasteiger partial charge in [0.1, 0.15) is 5.75 Å². The number of hydrogen-bond donors (Lipinski definition) is 0. The van der Waals surface area contributed by atoms with E-state index in [1.165, 1.54) is 12.1 Å². The van der Waals surface area contributed by atoms with Crippen LogP contribution >= 0.6 is 27.7 Å². The molecule has 1 aliphatic heterocycles. The molecule has 0 aliphatic carbocycles. The fourth-order valence-corrected chi connectivity index (χ4v) is 8.29. The Bertz CT molecular complexity index is 2060. The van der Waals surface area contributed by atoms with Crippen molar-refractivity contribution in [3.05, 3.63) is 124 Å². The second kappa shape index (κ2) is 14.3. The average Bonchev–Trinajstić information content (AvgIpc) is 3.04. The van der Waals surface area contributed by atoms with Crippen LogP contribution < -0.4 is 14.5 Å². The molecule has 0 fully saturated rings. The van der Waals surface area contributed by atoms with Crippen LogP contribution in [0.1, 0.15) is 105 Å². The molecule has 0 saturated carbocycles. The second-order valence-electron chi connectivity index (χ2n) is 18.6. The number of rotatable bonds is 3. The van der Waals surface area contributed by atoms with Gasteiger partial charge in [0.25, 0.3) is 0 Å². The van der Waals surface area contributed by atoms with E-state index in [1.54, 1.807) is 11.8 Å². The van der Waals surface area contributed by atoms with Crippen LogP contribution in [0.3, 0.4) is 0 Å². The molecule has 290 valence electrons. The molecule has 0 unspecified atom stereocenters. The van der Waals surface area contributed by atoms with Crippen molar-refractivity contribution in [3.8, 4) is 5.75 Å². The Hall–Kier alpha value is -3.88. The van der Waals surface area contributed by atoms with Crippen molar-refractivity contribution in [2.45, 2.75) is 121 Å². The maximum atomic E-state index is 14.3. The predicted molar refractivity (Wildman–Crippen MR) is 229 cm³/mol. The Labute approximate surface area is 338 Å². The van der Waals surface area contributed by atoms with Gasteiger partial charge in [-0.15, -0.1) is 13.2 Å². The largest absolute Gasteiger partial charge is 0.573 e. The van der Waals surface area contributed by atoms with Gasteiger partial charge in [0.2, 0.25) is 0 Å². The van der Waals surface area contributed by atoms with Crippen LogP contribution in [0.5, 0.6) is 5.75 Å². The lowest BCUT2D eigenvalue weighted by Crippen LogP contribution is -2.20. The molecule has 8 heteroatoms. The standard InChI is InChI=1S/C47H52BrF3N2OS/c1-43(2,3)29-13-17-33(18-14-29)52-35-21-31(45(7,8)9)23-38(25-35)55-39-24-32(46(10,11)12)22-36(26-39)53(34-19-15-30(16-20-34)44(4,5)6)41-28-37(54-47(49,50)51)27-40(52)42(41)48/h13-28H,1-12H3. The number of ether oxygens (including phenoxy) is 1. The van der Waals surface area contributed by atoms with Crippen molar-refractivity contribution in [1.82, 2.24) is 0 Å². The van der Waals surface area contributed by atoms with E-state index in [9.17, 15) is 13.2 Å². The lowest BCUT2D eigenvalue weighted by Gasteiger charge is -2.34. The molecule has 55 heavy (non-hydrogen) atoms. The van der Waals surface area contributed by atoms with Crippen molar-refractivity contribution >= 4 is 61.8 Å². The lowest BCUT2D eigenvalue weighted by atomic mass is 9.86. The van der Waals surface area contributed by atoms with E-state index in [0.717, 1.165) is 54.8 Å². The highest BCUT2D eigenvalue weighted by atomic mass is 79.9. The van der Waals surface area contributed by atoms with Crippen LogP contribution in [0.2, 0.25) is 0 Å². The highest BCUT2D eigenvalue weighted by Crippen LogP contribution is 2.52. The third-order valence-corrected chi connectivity index (χ3v) is 11.7. The molecule has 6 bridgehead atoms. The maximum absolute atomic E-state index is 14.3. The normalized spacial score (nSPS) is 14.0. The van der Waals surface area contributed by atoms with Gasteiger partial charge in [-0.1, -0.05) is 119 Å². The summed E-state index contributed by atoms with van der Waals surface area (Å²) in [5, 5.41) is 0.